The quantitative estimate of drug-likeness (QED) is 0.814. The molecule has 0 unspecified atom stereocenters. The zero-order chi connectivity index (χ0) is 13.7. The van der Waals surface area contributed by atoms with Crippen molar-refractivity contribution in [3.63, 3.8) is 0 Å². The summed E-state index contributed by atoms with van der Waals surface area (Å²) in [6, 6.07) is 3.89. The van der Waals surface area contributed by atoms with Crippen LogP contribution >= 0.6 is 0 Å². The number of rotatable bonds is 5. The van der Waals surface area contributed by atoms with E-state index in [0.717, 1.165) is 29.8 Å². The van der Waals surface area contributed by atoms with Crippen LogP contribution in [0.15, 0.2) is 29.0 Å². The van der Waals surface area contributed by atoms with Crippen molar-refractivity contribution in [3.8, 4) is 0 Å². The molecule has 0 fully saturated rings. The van der Waals surface area contributed by atoms with Gasteiger partial charge in [-0.1, -0.05) is 19.0 Å². The summed E-state index contributed by atoms with van der Waals surface area (Å²) in [7, 11) is 0. The minimum atomic E-state index is 0.381. The third-order valence-corrected chi connectivity index (χ3v) is 3.22. The topological polar surface area (TPSA) is 51.8 Å². The number of hydrogen-bond donors (Lipinski definition) is 0. The summed E-state index contributed by atoms with van der Waals surface area (Å²) in [5.41, 5.74) is 2.05. The second kappa shape index (κ2) is 6.27. The van der Waals surface area contributed by atoms with Crippen LogP contribution < -0.4 is 0 Å². The highest BCUT2D eigenvalue weighted by molar-refractivity contribution is 5.76. The maximum Gasteiger partial charge on any atom is 0.253 e. The van der Waals surface area contributed by atoms with Gasteiger partial charge in [-0.15, -0.1) is 0 Å². The van der Waals surface area contributed by atoms with Crippen molar-refractivity contribution in [2.24, 2.45) is 0 Å². The van der Waals surface area contributed by atoms with E-state index in [2.05, 4.69) is 29.0 Å². The molecule has 0 saturated heterocycles. The van der Waals surface area contributed by atoms with E-state index >= 15 is 0 Å². The van der Waals surface area contributed by atoms with E-state index in [1.165, 1.54) is 0 Å². The summed E-state index contributed by atoms with van der Waals surface area (Å²) in [5, 5.41) is 4.08. The number of aromatic nitrogens is 3. The van der Waals surface area contributed by atoms with Crippen LogP contribution in [-0.4, -0.2) is 15.1 Å². The monoisotopic (exact) mass is 257 g/mol. The highest BCUT2D eigenvalue weighted by Crippen LogP contribution is 2.22. The molecule has 0 aliphatic rings. The first-order chi connectivity index (χ1) is 9.24. The van der Waals surface area contributed by atoms with Gasteiger partial charge in [0.05, 0.1) is 0 Å². The Morgan fingerprint density at radius 2 is 1.95 bits per heavy atom. The van der Waals surface area contributed by atoms with Crippen molar-refractivity contribution < 1.29 is 4.52 Å². The Morgan fingerprint density at radius 1 is 1.26 bits per heavy atom. The lowest BCUT2D eigenvalue weighted by Crippen LogP contribution is -1.97. The lowest BCUT2D eigenvalue weighted by molar-refractivity contribution is 0.393. The average Bonchev–Trinajstić information content (AvgIpc) is 2.91. The van der Waals surface area contributed by atoms with Crippen LogP contribution in [0.1, 0.15) is 56.8 Å². The zero-order valence-electron chi connectivity index (χ0n) is 11.6. The summed E-state index contributed by atoms with van der Waals surface area (Å²) >= 11 is 0. The molecule has 0 amide bonds. The van der Waals surface area contributed by atoms with Crippen LogP contribution in [0.3, 0.4) is 0 Å². The van der Waals surface area contributed by atoms with Gasteiger partial charge in [0.1, 0.15) is 0 Å². The third-order valence-electron chi connectivity index (χ3n) is 3.22. The first kappa shape index (κ1) is 13.5. The van der Waals surface area contributed by atoms with Gasteiger partial charge < -0.3 is 4.52 Å². The molecule has 0 aliphatic carbocycles. The van der Waals surface area contributed by atoms with Crippen molar-refractivity contribution in [1.29, 1.82) is 0 Å². The van der Waals surface area contributed by atoms with Gasteiger partial charge in [0.15, 0.2) is 5.82 Å². The van der Waals surface area contributed by atoms with Gasteiger partial charge in [0.25, 0.3) is 5.89 Å². The molecule has 2 heterocycles. The van der Waals surface area contributed by atoms with Crippen LogP contribution in [0.5, 0.6) is 0 Å². The lowest BCUT2D eigenvalue weighted by atomic mass is 10.0. The minimum Gasteiger partial charge on any atom is -0.334 e. The molecule has 100 valence electrons. The van der Waals surface area contributed by atoms with Crippen molar-refractivity contribution >= 4 is 11.6 Å². The van der Waals surface area contributed by atoms with Crippen molar-refractivity contribution in [2.45, 2.75) is 39.5 Å². The Bertz CT molecular complexity index is 542. The predicted molar refractivity (Wildman–Crippen MR) is 75.4 cm³/mol. The molecule has 0 bridgehead atoms. The normalized spacial score (nSPS) is 12.1. The molecule has 2 rings (SSSR count). The van der Waals surface area contributed by atoms with Gasteiger partial charge in [-0.2, -0.15) is 4.98 Å². The Hall–Kier alpha value is -1.97. The maximum absolute atomic E-state index is 5.34. The molecule has 0 aliphatic heterocycles. The smallest absolute Gasteiger partial charge is 0.253 e. The Balaban J connectivity index is 2.21. The minimum absolute atomic E-state index is 0.381. The maximum atomic E-state index is 5.34. The third kappa shape index (κ3) is 3.28. The Kier molecular flexibility index (Phi) is 4.44. The lowest BCUT2D eigenvalue weighted by Gasteiger charge is -2.04. The zero-order valence-corrected chi connectivity index (χ0v) is 11.6. The van der Waals surface area contributed by atoms with Crippen LogP contribution in [-0.2, 0) is 0 Å². The second-order valence-corrected chi connectivity index (χ2v) is 4.58. The van der Waals surface area contributed by atoms with Crippen molar-refractivity contribution in [2.75, 3.05) is 0 Å². The van der Waals surface area contributed by atoms with Gasteiger partial charge in [0.2, 0.25) is 0 Å². The fourth-order valence-electron chi connectivity index (χ4n) is 1.99. The Morgan fingerprint density at radius 3 is 2.58 bits per heavy atom. The van der Waals surface area contributed by atoms with Crippen LogP contribution in [0.2, 0.25) is 0 Å². The van der Waals surface area contributed by atoms with E-state index in [-0.39, 0.29) is 0 Å². The molecule has 2 aromatic heterocycles. The fourth-order valence-corrected chi connectivity index (χ4v) is 1.99. The SMILES string of the molecule is CCC(CC)c1noc(/C(C)=C/c2ccncc2)n1. The molecule has 0 atom stereocenters. The van der Waals surface area contributed by atoms with E-state index in [0.29, 0.717) is 11.8 Å². The van der Waals surface area contributed by atoms with Gasteiger partial charge in [0, 0.05) is 23.9 Å². The number of pyridine rings is 1. The van der Waals surface area contributed by atoms with Crippen LogP contribution in [0.25, 0.3) is 11.6 Å². The molecule has 4 heteroatoms. The molecule has 0 radical (unpaired) electrons. The van der Waals surface area contributed by atoms with E-state index in [9.17, 15) is 0 Å². The van der Waals surface area contributed by atoms with Crippen molar-refractivity contribution in [3.05, 3.63) is 41.8 Å². The fraction of sp³-hybridized carbons (Fsp3) is 0.400. The molecular formula is C15H19N3O. The van der Waals surface area contributed by atoms with Crippen molar-refractivity contribution in [1.82, 2.24) is 15.1 Å². The summed E-state index contributed by atoms with van der Waals surface area (Å²) in [4.78, 5) is 8.48. The summed E-state index contributed by atoms with van der Waals surface area (Å²) in [6.45, 7) is 6.26. The summed E-state index contributed by atoms with van der Waals surface area (Å²) < 4.78 is 5.34. The molecule has 0 spiro atoms. The standard InChI is InChI=1S/C15H19N3O/c1-4-13(5-2)14-17-15(19-18-14)11(3)10-12-6-8-16-9-7-12/h6-10,13H,4-5H2,1-3H3/b11-10+. The number of hydrogen-bond acceptors (Lipinski definition) is 4. The van der Waals surface area contributed by atoms with Crippen LogP contribution in [0.4, 0.5) is 0 Å². The molecule has 0 saturated carbocycles. The molecular weight excluding hydrogens is 238 g/mol. The van der Waals surface area contributed by atoms with Crippen LogP contribution in [0, 0.1) is 0 Å². The predicted octanol–water partition coefficient (Wildman–Crippen LogP) is 3.93. The van der Waals surface area contributed by atoms with E-state index in [1.54, 1.807) is 12.4 Å². The van der Waals surface area contributed by atoms with E-state index < -0.39 is 0 Å². The highest BCUT2D eigenvalue weighted by atomic mass is 16.5. The van der Waals surface area contributed by atoms with Gasteiger partial charge in [-0.05, 0) is 43.5 Å². The first-order valence-corrected chi connectivity index (χ1v) is 6.66. The van der Waals surface area contributed by atoms with E-state index in [1.807, 2.05) is 25.1 Å². The molecule has 4 nitrogen and oxygen atoms in total. The summed E-state index contributed by atoms with van der Waals surface area (Å²) in [6.07, 6.45) is 7.61. The number of allylic oxidation sites excluding steroid dienone is 1. The highest BCUT2D eigenvalue weighted by Gasteiger charge is 2.15. The molecule has 2 aromatic rings. The Labute approximate surface area is 113 Å². The average molecular weight is 257 g/mol. The second-order valence-electron chi connectivity index (χ2n) is 4.58. The molecule has 0 aromatic carbocycles. The van der Waals surface area contributed by atoms with E-state index in [4.69, 9.17) is 4.52 Å². The largest absolute Gasteiger partial charge is 0.334 e. The molecule has 0 N–H and O–H groups in total. The van der Waals surface area contributed by atoms with Gasteiger partial charge in [-0.25, -0.2) is 0 Å². The molecule has 19 heavy (non-hydrogen) atoms. The first-order valence-electron chi connectivity index (χ1n) is 6.66. The van der Waals surface area contributed by atoms with Gasteiger partial charge in [-0.3, -0.25) is 4.98 Å². The number of nitrogens with zero attached hydrogens (tertiary/aromatic N) is 3. The van der Waals surface area contributed by atoms with Gasteiger partial charge >= 0.3 is 0 Å². The summed E-state index contributed by atoms with van der Waals surface area (Å²) in [5.74, 6) is 1.78.